The Balaban J connectivity index is 2.03. The number of hydrogen-bond acceptors (Lipinski definition) is 4. The lowest BCUT2D eigenvalue weighted by Crippen LogP contribution is -1.89. The molecule has 0 bridgehead atoms. The highest BCUT2D eigenvalue weighted by Crippen LogP contribution is 2.31. The zero-order valence-electron chi connectivity index (χ0n) is 5.58. The zero-order chi connectivity index (χ0) is 6.97. The van der Waals surface area contributed by atoms with Crippen LogP contribution in [0.5, 0.6) is 0 Å². The van der Waals surface area contributed by atoms with E-state index < -0.39 is 0 Å². The predicted molar refractivity (Wildman–Crippen MR) is 35.1 cm³/mol. The minimum Gasteiger partial charge on any atom is -0.365 e. The fourth-order valence-electron chi connectivity index (χ4n) is 0.920. The van der Waals surface area contributed by atoms with E-state index in [9.17, 15) is 0 Å². The van der Waals surface area contributed by atoms with Crippen molar-refractivity contribution in [3.8, 4) is 0 Å². The van der Waals surface area contributed by atoms with E-state index in [1.54, 1.807) is 0 Å². The molecule has 4 nitrogen and oxygen atoms in total. The third-order valence-electron chi connectivity index (χ3n) is 1.64. The first-order valence-electron chi connectivity index (χ1n) is 3.42. The van der Waals surface area contributed by atoms with Gasteiger partial charge < -0.3 is 10.3 Å². The minimum absolute atomic E-state index is 0.246. The lowest BCUT2D eigenvalue weighted by molar-refractivity contribution is 0.374. The van der Waals surface area contributed by atoms with Crippen LogP contribution >= 0.6 is 0 Å². The second-order valence-corrected chi connectivity index (χ2v) is 2.69. The van der Waals surface area contributed by atoms with E-state index in [2.05, 4.69) is 10.1 Å². The normalized spacial score (nSPS) is 17.6. The summed E-state index contributed by atoms with van der Waals surface area (Å²) in [5.74, 6) is 1.70. The number of nitrogens with zero attached hydrogens (tertiary/aromatic N) is 2. The van der Waals surface area contributed by atoms with Gasteiger partial charge in [-0.25, -0.2) is 0 Å². The van der Waals surface area contributed by atoms with Crippen LogP contribution in [-0.2, 0) is 6.42 Å². The van der Waals surface area contributed by atoms with Crippen molar-refractivity contribution in [3.05, 3.63) is 5.89 Å². The third-order valence-corrected chi connectivity index (χ3v) is 1.64. The lowest BCUT2D eigenvalue weighted by atomic mass is 10.3. The minimum atomic E-state index is 0.246. The Bertz CT molecular complexity index is 229. The first-order chi connectivity index (χ1) is 4.84. The van der Waals surface area contributed by atoms with Crippen molar-refractivity contribution in [1.29, 1.82) is 0 Å². The molecule has 1 fully saturated rings. The second-order valence-electron chi connectivity index (χ2n) is 2.69. The van der Waals surface area contributed by atoms with Gasteiger partial charge in [0.25, 0.3) is 5.95 Å². The van der Waals surface area contributed by atoms with Gasteiger partial charge in [-0.3, -0.25) is 0 Å². The number of anilines is 1. The molecule has 0 radical (unpaired) electrons. The maximum Gasteiger partial charge on any atom is 0.260 e. The fraction of sp³-hybridized carbons (Fsp3) is 0.667. The van der Waals surface area contributed by atoms with Gasteiger partial charge in [0.1, 0.15) is 0 Å². The summed E-state index contributed by atoms with van der Waals surface area (Å²) in [7, 11) is 0. The fourth-order valence-corrected chi connectivity index (χ4v) is 0.920. The molecule has 1 aliphatic rings. The molecular formula is C6H9N3O. The largest absolute Gasteiger partial charge is 0.365 e. The van der Waals surface area contributed by atoms with Crippen LogP contribution in [0.3, 0.4) is 0 Å². The molecule has 0 aromatic carbocycles. The van der Waals surface area contributed by atoms with Gasteiger partial charge in [0.15, 0.2) is 0 Å². The van der Waals surface area contributed by atoms with Gasteiger partial charge in [0, 0.05) is 6.42 Å². The van der Waals surface area contributed by atoms with Gasteiger partial charge in [-0.2, -0.15) is 4.98 Å². The summed E-state index contributed by atoms with van der Waals surface area (Å²) in [4.78, 5) is 3.89. The highest BCUT2D eigenvalue weighted by Gasteiger charge is 2.24. The van der Waals surface area contributed by atoms with Crippen molar-refractivity contribution < 1.29 is 4.52 Å². The van der Waals surface area contributed by atoms with Crippen LogP contribution in [0.1, 0.15) is 18.7 Å². The highest BCUT2D eigenvalue weighted by atomic mass is 16.5. The Kier molecular flexibility index (Phi) is 1.12. The van der Waals surface area contributed by atoms with Crippen molar-refractivity contribution in [2.24, 2.45) is 5.92 Å². The van der Waals surface area contributed by atoms with Crippen molar-refractivity contribution in [2.75, 3.05) is 5.73 Å². The Labute approximate surface area is 58.4 Å². The summed E-state index contributed by atoms with van der Waals surface area (Å²) in [5, 5.41) is 3.49. The van der Waals surface area contributed by atoms with E-state index in [0.717, 1.165) is 12.3 Å². The van der Waals surface area contributed by atoms with Crippen LogP contribution in [-0.4, -0.2) is 10.1 Å². The molecule has 1 heterocycles. The molecule has 10 heavy (non-hydrogen) atoms. The van der Waals surface area contributed by atoms with Gasteiger partial charge in [0.05, 0.1) is 0 Å². The van der Waals surface area contributed by atoms with E-state index in [0.29, 0.717) is 5.89 Å². The van der Waals surface area contributed by atoms with Gasteiger partial charge in [-0.1, -0.05) is 0 Å². The molecule has 4 heteroatoms. The molecule has 2 rings (SSSR count). The molecule has 1 aromatic rings. The van der Waals surface area contributed by atoms with Crippen molar-refractivity contribution in [1.82, 2.24) is 10.1 Å². The van der Waals surface area contributed by atoms with Crippen LogP contribution < -0.4 is 5.73 Å². The summed E-state index contributed by atoms with van der Waals surface area (Å²) < 4.78 is 4.83. The number of hydrogen-bond donors (Lipinski definition) is 1. The molecule has 1 aromatic heterocycles. The first-order valence-corrected chi connectivity index (χ1v) is 3.42. The van der Waals surface area contributed by atoms with Crippen LogP contribution in [0.2, 0.25) is 0 Å². The van der Waals surface area contributed by atoms with Crippen LogP contribution in [0.15, 0.2) is 4.52 Å². The van der Waals surface area contributed by atoms with Gasteiger partial charge >= 0.3 is 0 Å². The lowest BCUT2D eigenvalue weighted by Gasteiger charge is -1.84. The average Bonchev–Trinajstić information content (AvgIpc) is 2.59. The topological polar surface area (TPSA) is 64.9 Å². The smallest absolute Gasteiger partial charge is 0.260 e. The molecule has 54 valence electrons. The summed E-state index contributed by atoms with van der Waals surface area (Å²) in [6.07, 6.45) is 3.49. The van der Waals surface area contributed by atoms with Gasteiger partial charge in [0.2, 0.25) is 5.89 Å². The number of nitrogen functional groups attached to an aromatic ring is 1. The molecule has 0 aliphatic heterocycles. The molecule has 0 amide bonds. The van der Waals surface area contributed by atoms with Crippen LogP contribution in [0, 0.1) is 5.92 Å². The predicted octanol–water partition coefficient (Wildman–Crippen LogP) is 0.604. The highest BCUT2D eigenvalue weighted by molar-refractivity contribution is 5.10. The summed E-state index contributed by atoms with van der Waals surface area (Å²) >= 11 is 0. The number of aromatic nitrogens is 2. The van der Waals surface area contributed by atoms with Gasteiger partial charge in [-0.15, -0.1) is 0 Å². The monoisotopic (exact) mass is 139 g/mol. The molecular weight excluding hydrogens is 130 g/mol. The van der Waals surface area contributed by atoms with E-state index in [-0.39, 0.29) is 5.95 Å². The Morgan fingerprint density at radius 1 is 1.60 bits per heavy atom. The van der Waals surface area contributed by atoms with Crippen molar-refractivity contribution >= 4 is 5.95 Å². The molecule has 1 aliphatic carbocycles. The maximum atomic E-state index is 5.26. The Hall–Kier alpha value is -1.06. The molecule has 1 saturated carbocycles. The zero-order valence-corrected chi connectivity index (χ0v) is 5.58. The van der Waals surface area contributed by atoms with E-state index >= 15 is 0 Å². The van der Waals surface area contributed by atoms with Crippen LogP contribution in [0.4, 0.5) is 5.95 Å². The standard InChI is InChI=1S/C6H9N3O/c7-6-8-5(10-9-6)3-4-1-2-4/h4H,1-3H2,(H2,7,9). The van der Waals surface area contributed by atoms with E-state index in [4.69, 9.17) is 10.3 Å². The third kappa shape index (κ3) is 1.10. The molecule has 2 N–H and O–H groups in total. The summed E-state index contributed by atoms with van der Waals surface area (Å²) in [6.45, 7) is 0. The molecule has 0 atom stereocenters. The van der Waals surface area contributed by atoms with E-state index in [1.165, 1.54) is 12.8 Å². The average molecular weight is 139 g/mol. The van der Waals surface area contributed by atoms with Crippen LogP contribution in [0.25, 0.3) is 0 Å². The molecule has 0 unspecified atom stereocenters. The quantitative estimate of drug-likeness (QED) is 0.651. The van der Waals surface area contributed by atoms with Gasteiger partial charge in [-0.05, 0) is 23.9 Å². The SMILES string of the molecule is Nc1noc(CC2CC2)n1. The number of nitrogens with two attached hydrogens (primary N) is 1. The summed E-state index contributed by atoms with van der Waals surface area (Å²) in [5.41, 5.74) is 5.26. The summed E-state index contributed by atoms with van der Waals surface area (Å²) in [6, 6.07) is 0. The second kappa shape index (κ2) is 1.97. The Morgan fingerprint density at radius 3 is 2.90 bits per heavy atom. The van der Waals surface area contributed by atoms with Crippen molar-refractivity contribution in [2.45, 2.75) is 19.3 Å². The van der Waals surface area contributed by atoms with E-state index in [1.807, 2.05) is 0 Å². The van der Waals surface area contributed by atoms with Crippen molar-refractivity contribution in [3.63, 3.8) is 0 Å². The Morgan fingerprint density at radius 2 is 2.40 bits per heavy atom. The maximum absolute atomic E-state index is 5.26. The number of rotatable bonds is 2. The molecule has 0 saturated heterocycles. The first kappa shape index (κ1) is 5.70. The molecule has 0 spiro atoms.